The van der Waals surface area contributed by atoms with Crippen LogP contribution in [0.4, 0.5) is 0 Å². The Balaban J connectivity index is 1.95. The van der Waals surface area contributed by atoms with Crippen molar-refractivity contribution in [2.75, 3.05) is 0 Å². The van der Waals surface area contributed by atoms with Crippen LogP contribution in [0.25, 0.3) is 21.6 Å². The minimum atomic E-state index is -0.114. The van der Waals surface area contributed by atoms with E-state index in [9.17, 15) is 9.90 Å². The third-order valence-electron chi connectivity index (χ3n) is 4.38. The second kappa shape index (κ2) is 5.46. The molecular weight excluding hydrogens is 376 g/mol. The number of hydrogen-bond acceptors (Lipinski definition) is 4. The first-order chi connectivity index (χ1) is 11.0. The minimum absolute atomic E-state index is 0.102. The monoisotopic (exact) mass is 390 g/mol. The molecule has 118 valence electrons. The van der Waals surface area contributed by atoms with Crippen LogP contribution >= 0.6 is 27.3 Å². The van der Waals surface area contributed by atoms with Gasteiger partial charge < -0.3 is 10.1 Å². The number of aryl methyl sites for hydroxylation is 1. The number of nitrogens with zero attached hydrogens (tertiary/aromatic N) is 1. The van der Waals surface area contributed by atoms with Crippen molar-refractivity contribution in [1.29, 1.82) is 0 Å². The van der Waals surface area contributed by atoms with E-state index in [4.69, 9.17) is 0 Å². The van der Waals surface area contributed by atoms with E-state index in [-0.39, 0.29) is 11.3 Å². The molecule has 2 aromatic heterocycles. The van der Waals surface area contributed by atoms with Crippen molar-refractivity contribution in [1.82, 2.24) is 9.97 Å². The minimum Gasteiger partial charge on any atom is -0.507 e. The van der Waals surface area contributed by atoms with Gasteiger partial charge in [0, 0.05) is 9.35 Å². The van der Waals surface area contributed by atoms with Crippen molar-refractivity contribution in [3.63, 3.8) is 0 Å². The Bertz CT molecular complexity index is 977. The maximum atomic E-state index is 12.6. The normalized spacial score (nSPS) is 17.4. The second-order valence-corrected chi connectivity index (χ2v) is 8.11. The molecule has 1 atom stereocenters. The van der Waals surface area contributed by atoms with E-state index in [0.717, 1.165) is 34.0 Å². The zero-order chi connectivity index (χ0) is 16.1. The van der Waals surface area contributed by atoms with Gasteiger partial charge in [0.05, 0.1) is 10.9 Å². The fourth-order valence-electron chi connectivity index (χ4n) is 3.17. The van der Waals surface area contributed by atoms with Crippen LogP contribution in [0.3, 0.4) is 0 Å². The third-order valence-corrected chi connectivity index (χ3v) is 6.02. The highest BCUT2D eigenvalue weighted by Gasteiger charge is 2.23. The zero-order valence-electron chi connectivity index (χ0n) is 12.5. The molecule has 4 rings (SSSR count). The number of aromatic nitrogens is 2. The van der Waals surface area contributed by atoms with E-state index in [0.29, 0.717) is 17.3 Å². The summed E-state index contributed by atoms with van der Waals surface area (Å²) in [6.45, 7) is 2.25. The van der Waals surface area contributed by atoms with Gasteiger partial charge in [-0.15, -0.1) is 11.3 Å². The predicted octanol–water partition coefficient (Wildman–Crippen LogP) is 4.24. The Labute approximate surface area is 145 Å². The Morgan fingerprint density at radius 3 is 3.09 bits per heavy atom. The first-order valence-electron chi connectivity index (χ1n) is 7.56. The van der Waals surface area contributed by atoms with Crippen LogP contribution in [0, 0.1) is 5.92 Å². The second-order valence-electron chi connectivity index (χ2n) is 6.11. The Kier molecular flexibility index (Phi) is 3.54. The highest BCUT2D eigenvalue weighted by Crippen LogP contribution is 2.37. The molecule has 0 fully saturated rings. The quantitative estimate of drug-likeness (QED) is 0.652. The molecule has 4 nitrogen and oxygen atoms in total. The lowest BCUT2D eigenvalue weighted by atomic mass is 9.89. The molecular formula is C17H15BrN2O2S. The number of aromatic hydroxyl groups is 1. The van der Waals surface area contributed by atoms with Crippen molar-refractivity contribution in [2.45, 2.75) is 26.2 Å². The molecule has 1 aliphatic carbocycles. The van der Waals surface area contributed by atoms with Gasteiger partial charge in [0.2, 0.25) is 0 Å². The van der Waals surface area contributed by atoms with Crippen LogP contribution in [0.5, 0.6) is 5.75 Å². The molecule has 2 heterocycles. The maximum absolute atomic E-state index is 12.6. The van der Waals surface area contributed by atoms with Crippen LogP contribution in [-0.2, 0) is 12.8 Å². The molecule has 1 aliphatic rings. The predicted molar refractivity (Wildman–Crippen MR) is 96.2 cm³/mol. The van der Waals surface area contributed by atoms with Gasteiger partial charge in [0.15, 0.2) is 0 Å². The highest BCUT2D eigenvalue weighted by atomic mass is 79.9. The lowest BCUT2D eigenvalue weighted by Gasteiger charge is -2.17. The summed E-state index contributed by atoms with van der Waals surface area (Å²) < 4.78 is 0.826. The molecule has 0 spiro atoms. The smallest absolute Gasteiger partial charge is 0.260 e. The fourth-order valence-corrected chi connectivity index (χ4v) is 4.92. The number of thiophene rings is 1. The summed E-state index contributed by atoms with van der Waals surface area (Å²) in [6.07, 6.45) is 3.09. The number of halogens is 1. The lowest BCUT2D eigenvalue weighted by Crippen LogP contribution is -2.13. The molecule has 6 heteroatoms. The SMILES string of the molecule is CC1CCc2c(sc3nc(-c4cc(Br)ccc4O)[nH]c(=O)c23)C1. The molecule has 1 aromatic carbocycles. The summed E-state index contributed by atoms with van der Waals surface area (Å²) >= 11 is 5.00. The van der Waals surface area contributed by atoms with Gasteiger partial charge >= 0.3 is 0 Å². The van der Waals surface area contributed by atoms with Crippen molar-refractivity contribution < 1.29 is 5.11 Å². The van der Waals surface area contributed by atoms with E-state index >= 15 is 0 Å². The van der Waals surface area contributed by atoms with E-state index in [1.165, 1.54) is 10.4 Å². The Hall–Kier alpha value is -1.66. The van der Waals surface area contributed by atoms with Gasteiger partial charge in [-0.05, 0) is 48.9 Å². The number of hydrogen-bond donors (Lipinski definition) is 2. The van der Waals surface area contributed by atoms with Gasteiger partial charge in [-0.25, -0.2) is 4.98 Å². The number of phenolic OH excluding ortho intramolecular Hbond substituents is 1. The molecule has 0 amide bonds. The van der Waals surface area contributed by atoms with E-state index in [2.05, 4.69) is 32.8 Å². The molecule has 2 N–H and O–H groups in total. The van der Waals surface area contributed by atoms with Crippen LogP contribution in [0.15, 0.2) is 27.5 Å². The molecule has 0 radical (unpaired) electrons. The van der Waals surface area contributed by atoms with Gasteiger partial charge in [-0.3, -0.25) is 4.79 Å². The van der Waals surface area contributed by atoms with E-state index < -0.39 is 0 Å². The summed E-state index contributed by atoms with van der Waals surface area (Å²) in [7, 11) is 0. The van der Waals surface area contributed by atoms with Crippen LogP contribution in [0.2, 0.25) is 0 Å². The highest BCUT2D eigenvalue weighted by molar-refractivity contribution is 9.10. The summed E-state index contributed by atoms with van der Waals surface area (Å²) in [4.78, 5) is 22.1. The molecule has 3 aromatic rings. The van der Waals surface area contributed by atoms with Gasteiger partial charge in [-0.1, -0.05) is 22.9 Å². The largest absolute Gasteiger partial charge is 0.507 e. The Morgan fingerprint density at radius 1 is 1.43 bits per heavy atom. The summed E-state index contributed by atoms with van der Waals surface area (Å²) in [5.74, 6) is 1.17. The van der Waals surface area contributed by atoms with Crippen LogP contribution in [-0.4, -0.2) is 15.1 Å². The number of nitrogens with one attached hydrogen (secondary N) is 1. The van der Waals surface area contributed by atoms with E-state index in [1.807, 2.05) is 0 Å². The topological polar surface area (TPSA) is 66.0 Å². The molecule has 0 saturated heterocycles. The first-order valence-corrected chi connectivity index (χ1v) is 9.17. The molecule has 23 heavy (non-hydrogen) atoms. The molecule has 0 bridgehead atoms. The van der Waals surface area contributed by atoms with Crippen LogP contribution < -0.4 is 5.56 Å². The number of aromatic amines is 1. The first kappa shape index (κ1) is 14.9. The molecule has 0 aliphatic heterocycles. The molecule has 0 saturated carbocycles. The average molecular weight is 391 g/mol. The summed E-state index contributed by atoms with van der Waals surface area (Å²) in [5, 5.41) is 10.8. The lowest BCUT2D eigenvalue weighted by molar-refractivity contribution is 0.477. The van der Waals surface area contributed by atoms with Crippen molar-refractivity contribution in [2.24, 2.45) is 5.92 Å². The van der Waals surface area contributed by atoms with E-state index in [1.54, 1.807) is 29.5 Å². The molecule has 1 unspecified atom stereocenters. The number of benzene rings is 1. The number of H-pyrrole nitrogens is 1. The summed E-state index contributed by atoms with van der Waals surface area (Å²) in [5.41, 5.74) is 1.58. The average Bonchev–Trinajstić information content (AvgIpc) is 2.87. The summed E-state index contributed by atoms with van der Waals surface area (Å²) in [6, 6.07) is 5.10. The third kappa shape index (κ3) is 2.50. The van der Waals surface area contributed by atoms with Crippen molar-refractivity contribution in [3.05, 3.63) is 43.5 Å². The maximum Gasteiger partial charge on any atom is 0.260 e. The number of fused-ring (bicyclic) bond motifs is 3. The van der Waals surface area contributed by atoms with Gasteiger partial charge in [-0.2, -0.15) is 0 Å². The zero-order valence-corrected chi connectivity index (χ0v) is 14.9. The van der Waals surface area contributed by atoms with Gasteiger partial charge in [0.1, 0.15) is 16.4 Å². The van der Waals surface area contributed by atoms with Crippen molar-refractivity contribution in [3.8, 4) is 17.1 Å². The number of rotatable bonds is 1. The Morgan fingerprint density at radius 2 is 2.26 bits per heavy atom. The van der Waals surface area contributed by atoms with Crippen molar-refractivity contribution >= 4 is 37.5 Å². The number of phenols is 1. The van der Waals surface area contributed by atoms with Crippen LogP contribution in [0.1, 0.15) is 23.8 Å². The van der Waals surface area contributed by atoms with Gasteiger partial charge in [0.25, 0.3) is 5.56 Å². The standard InChI is InChI=1S/C17H15BrN2O2S/c1-8-2-4-10-13(6-8)23-17-14(10)16(22)19-15(20-17)11-7-9(18)3-5-12(11)21/h3,5,7-8,21H,2,4,6H2,1H3,(H,19,20,22). The fraction of sp³-hybridized carbons (Fsp3) is 0.294.